The van der Waals surface area contributed by atoms with Gasteiger partial charge in [-0.25, -0.2) is 4.79 Å². The highest BCUT2D eigenvalue weighted by atomic mass is 79.9. The minimum atomic E-state index is -1.31. The standard InChI is InChI=1S/C12H14BrNO5/c1-18-7-12(11(16)17)4-2-5-14(12)10(15)9-8(13)3-6-19-9/h3,6H,2,4-5,7H2,1H3,(H,16,17). The summed E-state index contributed by atoms with van der Waals surface area (Å²) in [6.07, 6.45) is 2.38. The van der Waals surface area contributed by atoms with Gasteiger partial charge in [0.25, 0.3) is 5.91 Å². The summed E-state index contributed by atoms with van der Waals surface area (Å²) in [5, 5.41) is 9.46. The number of likely N-dealkylation sites (tertiary alicyclic amines) is 1. The molecule has 7 heteroatoms. The number of halogens is 1. The number of ether oxygens (including phenoxy) is 1. The van der Waals surface area contributed by atoms with E-state index >= 15 is 0 Å². The number of carboxylic acids is 1. The lowest BCUT2D eigenvalue weighted by Crippen LogP contribution is -2.56. The number of aliphatic carboxylic acids is 1. The van der Waals surface area contributed by atoms with Gasteiger partial charge in [-0.05, 0) is 34.8 Å². The molecule has 0 bridgehead atoms. The van der Waals surface area contributed by atoms with Crippen LogP contribution in [0, 0.1) is 0 Å². The molecule has 19 heavy (non-hydrogen) atoms. The van der Waals surface area contributed by atoms with E-state index in [0.29, 0.717) is 23.9 Å². The molecule has 1 aliphatic heterocycles. The predicted octanol–water partition coefficient (Wildman–Crippen LogP) is 1.75. The monoisotopic (exact) mass is 331 g/mol. The number of carboxylic acid groups (broad SMARTS) is 1. The van der Waals surface area contributed by atoms with Gasteiger partial charge in [0.2, 0.25) is 5.76 Å². The summed E-state index contributed by atoms with van der Waals surface area (Å²) in [6, 6.07) is 1.60. The van der Waals surface area contributed by atoms with E-state index in [0.717, 1.165) is 0 Å². The van der Waals surface area contributed by atoms with Crippen molar-refractivity contribution >= 4 is 27.8 Å². The molecule has 1 atom stereocenters. The van der Waals surface area contributed by atoms with E-state index in [1.165, 1.54) is 18.3 Å². The minimum Gasteiger partial charge on any atom is -0.479 e. The number of rotatable bonds is 4. The first-order valence-corrected chi connectivity index (χ1v) is 6.59. The van der Waals surface area contributed by atoms with Crippen molar-refractivity contribution < 1.29 is 23.8 Å². The van der Waals surface area contributed by atoms with Gasteiger partial charge in [-0.2, -0.15) is 0 Å². The predicted molar refractivity (Wildman–Crippen MR) is 68.9 cm³/mol. The lowest BCUT2D eigenvalue weighted by Gasteiger charge is -2.33. The van der Waals surface area contributed by atoms with E-state index < -0.39 is 17.4 Å². The van der Waals surface area contributed by atoms with Gasteiger partial charge in [0.15, 0.2) is 5.54 Å². The van der Waals surface area contributed by atoms with Gasteiger partial charge in [0, 0.05) is 13.7 Å². The zero-order valence-corrected chi connectivity index (χ0v) is 12.0. The van der Waals surface area contributed by atoms with Crippen molar-refractivity contribution in [3.63, 3.8) is 0 Å². The van der Waals surface area contributed by atoms with E-state index in [1.807, 2.05) is 0 Å². The van der Waals surface area contributed by atoms with Crippen molar-refractivity contribution in [1.82, 2.24) is 4.90 Å². The molecule has 0 radical (unpaired) electrons. The summed E-state index contributed by atoms with van der Waals surface area (Å²) in [4.78, 5) is 25.3. The highest BCUT2D eigenvalue weighted by Crippen LogP contribution is 2.33. The van der Waals surface area contributed by atoms with Gasteiger partial charge in [-0.3, -0.25) is 4.79 Å². The van der Waals surface area contributed by atoms with Gasteiger partial charge in [0.1, 0.15) is 0 Å². The molecule has 1 unspecified atom stereocenters. The molecule has 1 aliphatic rings. The fourth-order valence-corrected chi connectivity index (χ4v) is 2.79. The number of hydrogen-bond acceptors (Lipinski definition) is 4. The summed E-state index contributed by atoms with van der Waals surface area (Å²) in [6.45, 7) is 0.341. The highest BCUT2D eigenvalue weighted by Gasteiger charge is 2.51. The zero-order valence-electron chi connectivity index (χ0n) is 10.4. The molecule has 0 aliphatic carbocycles. The van der Waals surface area contributed by atoms with Crippen LogP contribution < -0.4 is 0 Å². The molecule has 2 heterocycles. The van der Waals surface area contributed by atoms with Crippen LogP contribution in [-0.2, 0) is 9.53 Å². The smallest absolute Gasteiger partial charge is 0.332 e. The largest absolute Gasteiger partial charge is 0.479 e. The summed E-state index contributed by atoms with van der Waals surface area (Å²) in [7, 11) is 1.43. The third-order valence-electron chi connectivity index (χ3n) is 3.33. The first-order valence-electron chi connectivity index (χ1n) is 5.80. The Labute approximate surface area is 118 Å². The number of hydrogen-bond donors (Lipinski definition) is 1. The van der Waals surface area contributed by atoms with E-state index in [9.17, 15) is 14.7 Å². The molecule has 104 valence electrons. The Morgan fingerprint density at radius 1 is 1.63 bits per heavy atom. The Bertz CT molecular complexity index is 500. The molecular weight excluding hydrogens is 318 g/mol. The second-order valence-electron chi connectivity index (χ2n) is 4.43. The maximum Gasteiger partial charge on any atom is 0.332 e. The average molecular weight is 332 g/mol. The molecular formula is C12H14BrNO5. The quantitative estimate of drug-likeness (QED) is 0.909. The molecule has 0 spiro atoms. The van der Waals surface area contributed by atoms with Crippen molar-refractivity contribution in [2.75, 3.05) is 20.3 Å². The summed E-state index contributed by atoms with van der Waals surface area (Å²) >= 11 is 3.21. The average Bonchev–Trinajstić information content (AvgIpc) is 2.96. The number of methoxy groups -OCH3 is 1. The van der Waals surface area contributed by atoms with Crippen molar-refractivity contribution in [1.29, 1.82) is 0 Å². The third-order valence-corrected chi connectivity index (χ3v) is 3.95. The van der Waals surface area contributed by atoms with E-state index in [2.05, 4.69) is 15.9 Å². The lowest BCUT2D eigenvalue weighted by atomic mass is 9.97. The van der Waals surface area contributed by atoms with Crippen LogP contribution in [0.15, 0.2) is 21.2 Å². The van der Waals surface area contributed by atoms with E-state index in [4.69, 9.17) is 9.15 Å². The summed E-state index contributed by atoms with van der Waals surface area (Å²) < 4.78 is 10.6. The molecule has 1 N–H and O–H groups in total. The molecule has 6 nitrogen and oxygen atoms in total. The Balaban J connectivity index is 2.35. The van der Waals surface area contributed by atoms with Crippen LogP contribution in [0.3, 0.4) is 0 Å². The second kappa shape index (κ2) is 5.34. The highest BCUT2D eigenvalue weighted by molar-refractivity contribution is 9.10. The Kier molecular flexibility index (Phi) is 3.96. The zero-order chi connectivity index (χ0) is 14.0. The van der Waals surface area contributed by atoms with E-state index in [-0.39, 0.29) is 12.4 Å². The van der Waals surface area contributed by atoms with Crippen LogP contribution in [-0.4, -0.2) is 47.7 Å². The molecule has 1 fully saturated rings. The summed E-state index contributed by atoms with van der Waals surface area (Å²) in [5.41, 5.74) is -1.31. The van der Waals surface area contributed by atoms with Gasteiger partial charge >= 0.3 is 5.97 Å². The van der Waals surface area contributed by atoms with E-state index in [1.54, 1.807) is 6.07 Å². The molecule has 0 aromatic carbocycles. The molecule has 1 amide bonds. The first kappa shape index (κ1) is 14.1. The molecule has 1 saturated heterocycles. The second-order valence-corrected chi connectivity index (χ2v) is 5.28. The number of furan rings is 1. The van der Waals surface area contributed by atoms with Gasteiger partial charge in [-0.1, -0.05) is 0 Å². The Hall–Kier alpha value is -1.34. The normalized spacial score (nSPS) is 22.7. The number of carbonyl (C=O) groups excluding carboxylic acids is 1. The van der Waals surface area contributed by atoms with Crippen LogP contribution >= 0.6 is 15.9 Å². The Morgan fingerprint density at radius 2 is 2.37 bits per heavy atom. The van der Waals surface area contributed by atoms with Crippen LogP contribution in [0.2, 0.25) is 0 Å². The first-order chi connectivity index (χ1) is 9.03. The number of nitrogens with zero attached hydrogens (tertiary/aromatic N) is 1. The van der Waals surface area contributed by atoms with Crippen LogP contribution in [0.25, 0.3) is 0 Å². The number of amides is 1. The minimum absolute atomic E-state index is 0.0353. The fourth-order valence-electron chi connectivity index (χ4n) is 2.42. The third kappa shape index (κ3) is 2.28. The summed E-state index contributed by atoms with van der Waals surface area (Å²) in [5.74, 6) is -1.37. The maximum atomic E-state index is 12.4. The van der Waals surface area contributed by atoms with Crippen LogP contribution in [0.1, 0.15) is 23.4 Å². The Morgan fingerprint density at radius 3 is 2.89 bits per heavy atom. The van der Waals surface area contributed by atoms with Crippen molar-refractivity contribution in [2.45, 2.75) is 18.4 Å². The maximum absolute atomic E-state index is 12.4. The van der Waals surface area contributed by atoms with Crippen molar-refractivity contribution in [3.8, 4) is 0 Å². The van der Waals surface area contributed by atoms with Crippen molar-refractivity contribution in [2.24, 2.45) is 0 Å². The number of carbonyl (C=O) groups is 2. The SMILES string of the molecule is COCC1(C(=O)O)CCCN1C(=O)c1occc1Br. The molecule has 1 aromatic rings. The van der Waals surface area contributed by atoms with Gasteiger partial charge in [-0.15, -0.1) is 0 Å². The molecule has 2 rings (SSSR count). The van der Waals surface area contributed by atoms with Gasteiger partial charge in [0.05, 0.1) is 17.3 Å². The topological polar surface area (TPSA) is 80.0 Å². The molecule has 0 saturated carbocycles. The lowest BCUT2D eigenvalue weighted by molar-refractivity contribution is -0.151. The van der Waals surface area contributed by atoms with Gasteiger partial charge < -0.3 is 19.2 Å². The molecule has 1 aromatic heterocycles. The van der Waals surface area contributed by atoms with Crippen LogP contribution in [0.5, 0.6) is 0 Å². The van der Waals surface area contributed by atoms with Crippen LogP contribution in [0.4, 0.5) is 0 Å². The van der Waals surface area contributed by atoms with Crippen molar-refractivity contribution in [3.05, 3.63) is 22.6 Å². The fraction of sp³-hybridized carbons (Fsp3) is 0.500.